The molecule has 0 radical (unpaired) electrons. The van der Waals surface area contributed by atoms with E-state index in [9.17, 15) is 0 Å². The Morgan fingerprint density at radius 3 is 1.93 bits per heavy atom. The van der Waals surface area contributed by atoms with E-state index in [0.717, 1.165) is 16.6 Å². The number of nitrogens with zero attached hydrogens (tertiary/aromatic N) is 2. The standard InChI is InChI=1S/C57H61BN2O/c1-53(2,3)35-22-26-43(39(30-35)34-18-14-13-15-19-34)59-45-32-37(55(7,8)9)33-46-49(45)58(52-50(59)38-20-16-17-21-47(38)61-52)42-25-24-40-48-51(42)60(46)44-27-23-36(54(4,5)6)31-41(44)57(48,12)29-28-56(40,10)11/h13-27,30-33,40,48H,28-29H2,1-12H3. The van der Waals surface area contributed by atoms with Crippen LogP contribution in [0, 0.1) is 17.3 Å². The van der Waals surface area contributed by atoms with Gasteiger partial charge < -0.3 is 14.2 Å². The third kappa shape index (κ3) is 5.42. The summed E-state index contributed by atoms with van der Waals surface area (Å²) < 4.78 is 7.34. The van der Waals surface area contributed by atoms with Crippen LogP contribution >= 0.6 is 0 Å². The summed E-state index contributed by atoms with van der Waals surface area (Å²) in [5.74, 6) is 0.741. The van der Waals surface area contributed by atoms with Gasteiger partial charge in [0.05, 0.1) is 17.0 Å². The molecule has 0 saturated heterocycles. The van der Waals surface area contributed by atoms with Crippen molar-refractivity contribution in [2.45, 2.75) is 118 Å². The number of para-hydroxylation sites is 1. The van der Waals surface area contributed by atoms with Gasteiger partial charge in [-0.2, -0.15) is 0 Å². The van der Waals surface area contributed by atoms with E-state index in [1.165, 1.54) is 91.3 Å². The van der Waals surface area contributed by atoms with E-state index in [2.05, 4.69) is 208 Å². The average Bonchev–Trinajstić information content (AvgIpc) is 3.60. The van der Waals surface area contributed by atoms with Gasteiger partial charge in [0.2, 0.25) is 0 Å². The molecule has 0 amide bonds. The average molecular weight is 801 g/mol. The number of rotatable bonds is 2. The van der Waals surface area contributed by atoms with Crippen LogP contribution in [-0.2, 0) is 21.7 Å². The van der Waals surface area contributed by atoms with E-state index in [0.29, 0.717) is 11.8 Å². The number of allylic oxidation sites excluding steroid dienone is 4. The van der Waals surface area contributed by atoms with E-state index >= 15 is 0 Å². The minimum Gasteiger partial charge on any atom is -0.468 e. The van der Waals surface area contributed by atoms with E-state index in [-0.39, 0.29) is 33.8 Å². The highest BCUT2D eigenvalue weighted by atomic mass is 16.3. The molecule has 3 nitrogen and oxygen atoms in total. The van der Waals surface area contributed by atoms with Gasteiger partial charge >= 0.3 is 0 Å². The molecule has 5 aliphatic rings. The van der Waals surface area contributed by atoms with E-state index in [1.807, 2.05) is 0 Å². The lowest BCUT2D eigenvalue weighted by Gasteiger charge is -2.62. The van der Waals surface area contributed by atoms with Gasteiger partial charge in [0.15, 0.2) is 0 Å². The van der Waals surface area contributed by atoms with Crippen molar-refractivity contribution in [3.05, 3.63) is 149 Å². The van der Waals surface area contributed by atoms with Crippen molar-refractivity contribution in [3.63, 3.8) is 0 Å². The molecule has 1 aromatic heterocycles. The summed E-state index contributed by atoms with van der Waals surface area (Å²) in [4.78, 5) is 5.36. The Balaban J connectivity index is 1.29. The Labute approximate surface area is 364 Å². The summed E-state index contributed by atoms with van der Waals surface area (Å²) >= 11 is 0. The predicted octanol–water partition coefficient (Wildman–Crippen LogP) is 14.2. The molecule has 3 aliphatic heterocycles. The van der Waals surface area contributed by atoms with Crippen molar-refractivity contribution in [1.29, 1.82) is 0 Å². The van der Waals surface area contributed by atoms with Gasteiger partial charge in [-0.05, 0) is 122 Å². The van der Waals surface area contributed by atoms with Crippen LogP contribution in [0.5, 0.6) is 0 Å². The minimum absolute atomic E-state index is 0.0153. The summed E-state index contributed by atoms with van der Waals surface area (Å²) in [6.07, 6.45) is 7.54. The monoisotopic (exact) mass is 800 g/mol. The number of benzene rings is 5. The normalized spacial score (nSPS) is 22.3. The smallest absolute Gasteiger partial charge is 0.296 e. The van der Waals surface area contributed by atoms with Crippen LogP contribution < -0.4 is 20.9 Å². The van der Waals surface area contributed by atoms with Crippen LogP contribution in [0.3, 0.4) is 0 Å². The van der Waals surface area contributed by atoms with Crippen molar-refractivity contribution >= 4 is 57.2 Å². The third-order valence-corrected chi connectivity index (χ3v) is 15.6. The molecule has 2 aliphatic carbocycles. The molecule has 3 atom stereocenters. The Hall–Kier alpha value is -5.22. The van der Waals surface area contributed by atoms with Gasteiger partial charge in [-0.15, -0.1) is 0 Å². The molecule has 4 heterocycles. The lowest BCUT2D eigenvalue weighted by molar-refractivity contribution is 0.0579. The van der Waals surface area contributed by atoms with Gasteiger partial charge in [0.25, 0.3) is 6.71 Å². The SMILES string of the molecule is CC(C)(C)c1ccc(N2c3cc(C(C)(C)C)cc4c3B(C3=C5C6C(C=C3)C(C)(C)CCC6(C)c3cc(C(C)(C)C)ccc3N54)c3oc4ccccc4c32)c(-c2ccccc2)c1. The molecule has 11 rings (SSSR count). The van der Waals surface area contributed by atoms with Crippen LogP contribution in [-0.4, -0.2) is 6.71 Å². The summed E-state index contributed by atoms with van der Waals surface area (Å²) in [6.45, 7) is 28.8. The van der Waals surface area contributed by atoms with Crippen molar-refractivity contribution in [2.24, 2.45) is 17.3 Å². The molecule has 0 bridgehead atoms. The molecule has 3 unspecified atom stereocenters. The van der Waals surface area contributed by atoms with Crippen LogP contribution in [0.25, 0.3) is 22.1 Å². The van der Waals surface area contributed by atoms with E-state index < -0.39 is 0 Å². The second kappa shape index (κ2) is 12.5. The third-order valence-electron chi connectivity index (χ3n) is 15.6. The van der Waals surface area contributed by atoms with Gasteiger partial charge in [-0.1, -0.05) is 156 Å². The lowest BCUT2D eigenvalue weighted by atomic mass is 9.32. The molecule has 1 saturated carbocycles. The summed E-state index contributed by atoms with van der Waals surface area (Å²) in [5, 5.41) is 1.16. The molecule has 6 aromatic rings. The second-order valence-electron chi connectivity index (χ2n) is 23.0. The largest absolute Gasteiger partial charge is 0.468 e. The number of hydrogen-bond acceptors (Lipinski definition) is 3. The zero-order valence-corrected chi connectivity index (χ0v) is 38.4. The Kier molecular flexibility index (Phi) is 7.90. The van der Waals surface area contributed by atoms with Crippen molar-refractivity contribution in [3.8, 4) is 11.1 Å². The van der Waals surface area contributed by atoms with Gasteiger partial charge in [0.1, 0.15) is 5.58 Å². The molecule has 0 spiro atoms. The predicted molar refractivity (Wildman–Crippen MR) is 260 cm³/mol. The molecule has 1 fully saturated rings. The van der Waals surface area contributed by atoms with Crippen LogP contribution in [0.1, 0.15) is 118 Å². The minimum atomic E-state index is -0.108. The zero-order chi connectivity index (χ0) is 42.8. The molecular formula is C57H61BN2O. The van der Waals surface area contributed by atoms with Crippen molar-refractivity contribution in [2.75, 3.05) is 9.80 Å². The molecule has 61 heavy (non-hydrogen) atoms. The van der Waals surface area contributed by atoms with E-state index in [1.54, 1.807) is 0 Å². The first kappa shape index (κ1) is 38.7. The Morgan fingerprint density at radius 2 is 1.25 bits per heavy atom. The maximum Gasteiger partial charge on any atom is 0.296 e. The molecule has 308 valence electrons. The molecule has 0 N–H and O–H groups in total. The highest BCUT2D eigenvalue weighted by molar-refractivity contribution is 6.95. The molecule has 5 aromatic carbocycles. The Morgan fingerprint density at radius 1 is 0.623 bits per heavy atom. The number of furan rings is 1. The first-order chi connectivity index (χ1) is 28.8. The molecule has 4 heteroatoms. The summed E-state index contributed by atoms with van der Waals surface area (Å²) in [6, 6.07) is 39.6. The number of anilines is 5. The maximum absolute atomic E-state index is 7.34. The van der Waals surface area contributed by atoms with Crippen molar-refractivity contribution < 1.29 is 4.42 Å². The highest BCUT2D eigenvalue weighted by Crippen LogP contribution is 2.66. The fraction of sp³-hybridized carbons (Fsp3) is 0.368. The quantitative estimate of drug-likeness (QED) is 0.163. The lowest BCUT2D eigenvalue weighted by Crippen LogP contribution is -2.61. The first-order valence-electron chi connectivity index (χ1n) is 22.8. The van der Waals surface area contributed by atoms with Gasteiger partial charge in [-0.25, -0.2) is 0 Å². The van der Waals surface area contributed by atoms with E-state index in [4.69, 9.17) is 4.42 Å². The number of fused-ring (bicyclic) bond motifs is 9. The Bertz CT molecular complexity index is 2890. The fourth-order valence-corrected chi connectivity index (χ4v) is 12.0. The summed E-state index contributed by atoms with van der Waals surface area (Å²) in [5.41, 5.74) is 20.6. The highest BCUT2D eigenvalue weighted by Gasteiger charge is 2.60. The molecular weight excluding hydrogens is 739 g/mol. The van der Waals surface area contributed by atoms with Gasteiger partial charge in [0, 0.05) is 45.0 Å². The topological polar surface area (TPSA) is 19.6 Å². The maximum atomic E-state index is 7.34. The number of hydrogen-bond donors (Lipinski definition) is 0. The fourth-order valence-electron chi connectivity index (χ4n) is 12.0. The van der Waals surface area contributed by atoms with Crippen LogP contribution in [0.15, 0.2) is 131 Å². The van der Waals surface area contributed by atoms with Crippen LogP contribution in [0.2, 0.25) is 0 Å². The summed E-state index contributed by atoms with van der Waals surface area (Å²) in [7, 11) is 0. The first-order valence-corrected chi connectivity index (χ1v) is 22.8. The van der Waals surface area contributed by atoms with Crippen LogP contribution in [0.4, 0.5) is 28.4 Å². The van der Waals surface area contributed by atoms with Crippen molar-refractivity contribution in [1.82, 2.24) is 0 Å². The zero-order valence-electron chi connectivity index (χ0n) is 38.4. The van der Waals surface area contributed by atoms with Gasteiger partial charge in [-0.3, -0.25) is 0 Å². The second-order valence-corrected chi connectivity index (χ2v) is 23.0.